The fraction of sp³-hybridized carbons (Fsp3) is 0.167. The second-order valence-electron chi connectivity index (χ2n) is 4.75. The lowest BCUT2D eigenvalue weighted by Gasteiger charge is -2.05. The molecule has 1 N–H and O–H groups in total. The van der Waals surface area contributed by atoms with Crippen molar-refractivity contribution in [3.05, 3.63) is 71.3 Å². The second kappa shape index (κ2) is 7.29. The Morgan fingerprint density at radius 1 is 1.19 bits per heavy atom. The molecule has 3 nitrogen and oxygen atoms in total. The van der Waals surface area contributed by atoms with Crippen LogP contribution in [0.1, 0.15) is 16.7 Å². The van der Waals surface area contributed by atoms with Gasteiger partial charge in [-0.1, -0.05) is 36.4 Å². The first kappa shape index (κ1) is 14.9. The van der Waals surface area contributed by atoms with Crippen LogP contribution >= 0.6 is 0 Å². The first-order chi connectivity index (χ1) is 10.2. The van der Waals surface area contributed by atoms with Crippen molar-refractivity contribution in [1.29, 1.82) is 0 Å². The minimum absolute atomic E-state index is 0.110. The first-order valence-electron chi connectivity index (χ1n) is 6.83. The zero-order valence-corrected chi connectivity index (χ0v) is 12.3. The van der Waals surface area contributed by atoms with E-state index in [9.17, 15) is 4.79 Å². The number of aryl methyl sites for hydroxylation is 1. The number of carbonyl (C=O) groups excluding carboxylic acids is 1. The molecule has 108 valence electrons. The Bertz CT molecular complexity index is 647. The molecule has 2 rings (SSSR count). The number of benzene rings is 2. The molecule has 21 heavy (non-hydrogen) atoms. The predicted molar refractivity (Wildman–Crippen MR) is 85.1 cm³/mol. The minimum atomic E-state index is -0.110. The van der Waals surface area contributed by atoms with Gasteiger partial charge in [0.25, 0.3) is 0 Å². The number of carbonyl (C=O) groups is 1. The fourth-order valence-electron chi connectivity index (χ4n) is 1.97. The molecule has 0 spiro atoms. The molecule has 0 heterocycles. The molecule has 0 atom stereocenters. The molecule has 0 saturated heterocycles. The van der Waals surface area contributed by atoms with Gasteiger partial charge in [-0.15, -0.1) is 0 Å². The van der Waals surface area contributed by atoms with Gasteiger partial charge in [-0.05, 0) is 41.8 Å². The summed E-state index contributed by atoms with van der Waals surface area (Å²) in [5.41, 5.74) is 3.23. The van der Waals surface area contributed by atoms with E-state index in [2.05, 4.69) is 5.32 Å². The largest absolute Gasteiger partial charge is 0.497 e. The van der Waals surface area contributed by atoms with Crippen molar-refractivity contribution in [1.82, 2.24) is 5.32 Å². The topological polar surface area (TPSA) is 38.3 Å². The van der Waals surface area contributed by atoms with Crippen LogP contribution in [0.25, 0.3) is 6.08 Å². The molecule has 2 aromatic carbocycles. The van der Waals surface area contributed by atoms with E-state index in [0.717, 1.165) is 16.9 Å². The highest BCUT2D eigenvalue weighted by Crippen LogP contribution is 2.13. The van der Waals surface area contributed by atoms with Crippen molar-refractivity contribution in [2.24, 2.45) is 0 Å². The molecule has 2 aromatic rings. The lowest BCUT2D eigenvalue weighted by Crippen LogP contribution is -2.20. The third-order valence-corrected chi connectivity index (χ3v) is 3.24. The standard InChI is InChI=1S/C18H19NO2/c1-14-6-3-4-8-16(14)13-19-18(20)11-10-15-7-5-9-17(12-15)21-2/h3-12H,13H2,1-2H3,(H,19,20). The quantitative estimate of drug-likeness (QED) is 0.854. The number of hydrogen-bond donors (Lipinski definition) is 1. The summed E-state index contributed by atoms with van der Waals surface area (Å²) in [6.45, 7) is 2.57. The average molecular weight is 281 g/mol. The summed E-state index contributed by atoms with van der Waals surface area (Å²) in [4.78, 5) is 11.8. The van der Waals surface area contributed by atoms with E-state index >= 15 is 0 Å². The summed E-state index contributed by atoms with van der Waals surface area (Å²) in [6.07, 6.45) is 3.31. The zero-order valence-electron chi connectivity index (χ0n) is 12.3. The summed E-state index contributed by atoms with van der Waals surface area (Å²) in [5.74, 6) is 0.665. The highest BCUT2D eigenvalue weighted by atomic mass is 16.5. The van der Waals surface area contributed by atoms with Crippen molar-refractivity contribution < 1.29 is 9.53 Å². The summed E-state index contributed by atoms with van der Waals surface area (Å²) < 4.78 is 5.15. The number of ether oxygens (including phenoxy) is 1. The van der Waals surface area contributed by atoms with Crippen molar-refractivity contribution in [3.8, 4) is 5.75 Å². The molecule has 3 heteroatoms. The monoisotopic (exact) mass is 281 g/mol. The molecule has 0 unspecified atom stereocenters. The van der Waals surface area contributed by atoms with E-state index in [-0.39, 0.29) is 5.91 Å². The highest BCUT2D eigenvalue weighted by molar-refractivity contribution is 5.91. The smallest absolute Gasteiger partial charge is 0.244 e. The lowest BCUT2D eigenvalue weighted by atomic mass is 10.1. The minimum Gasteiger partial charge on any atom is -0.497 e. The van der Waals surface area contributed by atoms with Crippen LogP contribution in [0, 0.1) is 6.92 Å². The van der Waals surface area contributed by atoms with Gasteiger partial charge >= 0.3 is 0 Å². The van der Waals surface area contributed by atoms with E-state index in [0.29, 0.717) is 6.54 Å². The highest BCUT2D eigenvalue weighted by Gasteiger charge is 1.99. The van der Waals surface area contributed by atoms with Crippen LogP contribution in [0.15, 0.2) is 54.6 Å². The Balaban J connectivity index is 1.92. The number of nitrogens with one attached hydrogen (secondary N) is 1. The maximum Gasteiger partial charge on any atom is 0.244 e. The Labute approximate surface area is 125 Å². The van der Waals surface area contributed by atoms with Crippen LogP contribution in [0.2, 0.25) is 0 Å². The van der Waals surface area contributed by atoms with Crippen LogP contribution in [0.4, 0.5) is 0 Å². The number of rotatable bonds is 5. The van der Waals surface area contributed by atoms with Gasteiger partial charge in [0.05, 0.1) is 7.11 Å². The van der Waals surface area contributed by atoms with Crippen molar-refractivity contribution in [2.45, 2.75) is 13.5 Å². The van der Waals surface area contributed by atoms with Gasteiger partial charge in [-0.25, -0.2) is 0 Å². The molecule has 0 aromatic heterocycles. The van der Waals surface area contributed by atoms with Gasteiger partial charge in [-0.3, -0.25) is 4.79 Å². The predicted octanol–water partition coefficient (Wildman–Crippen LogP) is 3.33. The van der Waals surface area contributed by atoms with Gasteiger partial charge < -0.3 is 10.1 Å². The summed E-state index contributed by atoms with van der Waals surface area (Å²) >= 11 is 0. The first-order valence-corrected chi connectivity index (χ1v) is 6.83. The SMILES string of the molecule is COc1cccc(C=CC(=O)NCc2ccccc2C)c1. The number of hydrogen-bond acceptors (Lipinski definition) is 2. The van der Waals surface area contributed by atoms with Crippen molar-refractivity contribution in [3.63, 3.8) is 0 Å². The summed E-state index contributed by atoms with van der Waals surface area (Å²) in [6, 6.07) is 15.6. The third kappa shape index (κ3) is 4.49. The molecule has 0 aliphatic rings. The van der Waals surface area contributed by atoms with E-state index < -0.39 is 0 Å². The number of methoxy groups -OCH3 is 1. The maximum atomic E-state index is 11.8. The second-order valence-corrected chi connectivity index (χ2v) is 4.75. The molecule has 0 bridgehead atoms. The van der Waals surface area contributed by atoms with Crippen LogP contribution in [0.5, 0.6) is 5.75 Å². The maximum absolute atomic E-state index is 11.8. The van der Waals surface area contributed by atoms with Crippen molar-refractivity contribution >= 4 is 12.0 Å². The van der Waals surface area contributed by atoms with E-state index in [4.69, 9.17) is 4.74 Å². The van der Waals surface area contributed by atoms with Gasteiger partial charge in [0.1, 0.15) is 5.75 Å². The van der Waals surface area contributed by atoms with E-state index in [1.54, 1.807) is 13.2 Å². The fourth-order valence-corrected chi connectivity index (χ4v) is 1.97. The van der Waals surface area contributed by atoms with Crippen LogP contribution in [-0.2, 0) is 11.3 Å². The van der Waals surface area contributed by atoms with E-state index in [1.807, 2.05) is 55.5 Å². The average Bonchev–Trinajstić information content (AvgIpc) is 2.52. The molecule has 1 amide bonds. The molecule has 0 saturated carbocycles. The molecular weight excluding hydrogens is 262 g/mol. The van der Waals surface area contributed by atoms with E-state index in [1.165, 1.54) is 11.6 Å². The Morgan fingerprint density at radius 3 is 2.76 bits per heavy atom. The van der Waals surface area contributed by atoms with Crippen LogP contribution in [0.3, 0.4) is 0 Å². The van der Waals surface area contributed by atoms with Crippen LogP contribution in [-0.4, -0.2) is 13.0 Å². The van der Waals surface area contributed by atoms with Gasteiger partial charge in [0.15, 0.2) is 0 Å². The number of amides is 1. The molecule has 0 fully saturated rings. The lowest BCUT2D eigenvalue weighted by molar-refractivity contribution is -0.116. The molecule has 0 aliphatic carbocycles. The Hall–Kier alpha value is -2.55. The Morgan fingerprint density at radius 2 is 2.00 bits per heavy atom. The Kier molecular flexibility index (Phi) is 5.16. The molecule has 0 radical (unpaired) electrons. The van der Waals surface area contributed by atoms with Gasteiger partial charge in [-0.2, -0.15) is 0 Å². The van der Waals surface area contributed by atoms with Crippen LogP contribution < -0.4 is 10.1 Å². The normalized spacial score (nSPS) is 10.6. The zero-order chi connectivity index (χ0) is 15.1. The van der Waals surface area contributed by atoms with Gasteiger partial charge in [0, 0.05) is 12.6 Å². The summed E-state index contributed by atoms with van der Waals surface area (Å²) in [7, 11) is 1.62. The molecule has 0 aliphatic heterocycles. The van der Waals surface area contributed by atoms with Gasteiger partial charge in [0.2, 0.25) is 5.91 Å². The summed E-state index contributed by atoms with van der Waals surface area (Å²) in [5, 5.41) is 2.88. The van der Waals surface area contributed by atoms with Crippen molar-refractivity contribution in [2.75, 3.05) is 7.11 Å². The molecular formula is C18H19NO2. The third-order valence-electron chi connectivity index (χ3n) is 3.24.